The van der Waals surface area contributed by atoms with E-state index in [4.69, 9.17) is 16.3 Å². The molecule has 13 heteroatoms. The molecule has 5 rings (SSSR count). The van der Waals surface area contributed by atoms with Gasteiger partial charge in [0, 0.05) is 31.7 Å². The zero-order chi connectivity index (χ0) is 32.1. The maximum atomic E-state index is 13.8. The first-order valence-corrected chi connectivity index (χ1v) is 14.4. The number of nitrogens with one attached hydrogen (secondary N) is 2. The third kappa shape index (κ3) is 7.18. The molecule has 1 aliphatic rings. The van der Waals surface area contributed by atoms with Gasteiger partial charge < -0.3 is 15.0 Å². The lowest BCUT2D eigenvalue weighted by Gasteiger charge is -2.28. The number of rotatable bonds is 10. The summed E-state index contributed by atoms with van der Waals surface area (Å²) in [6, 6.07) is 15.2. The van der Waals surface area contributed by atoms with Gasteiger partial charge in [-0.05, 0) is 66.3 Å². The van der Waals surface area contributed by atoms with E-state index in [9.17, 15) is 28.0 Å². The van der Waals surface area contributed by atoms with Crippen LogP contribution >= 0.6 is 11.6 Å². The number of ether oxygens (including phenoxy) is 1. The lowest BCUT2D eigenvalue weighted by Crippen LogP contribution is -2.46. The highest BCUT2D eigenvalue weighted by atomic mass is 35.5. The predicted octanol–water partition coefficient (Wildman–Crippen LogP) is 6.00. The highest BCUT2D eigenvalue weighted by Gasteiger charge is 2.35. The maximum absolute atomic E-state index is 13.8. The molecule has 2 N–H and O–H groups in total. The highest BCUT2D eigenvalue weighted by Crippen LogP contribution is 2.24. The minimum absolute atomic E-state index is 0.0584. The average molecular weight is 636 g/mol. The first-order valence-electron chi connectivity index (χ1n) is 14.0. The Kier molecular flexibility index (Phi) is 9.53. The van der Waals surface area contributed by atoms with Crippen molar-refractivity contribution in [3.63, 3.8) is 0 Å². The molecule has 1 atom stereocenters. The van der Waals surface area contributed by atoms with Crippen molar-refractivity contribution in [1.82, 2.24) is 20.1 Å². The van der Waals surface area contributed by atoms with Crippen molar-refractivity contribution in [2.45, 2.75) is 25.4 Å². The second kappa shape index (κ2) is 13.7. The number of hydrogen-bond acceptors (Lipinski definition) is 6. The highest BCUT2D eigenvalue weighted by molar-refractivity contribution is 6.31. The van der Waals surface area contributed by atoms with Gasteiger partial charge in [-0.3, -0.25) is 19.8 Å². The molecular formula is C32H28ClF2N5O5. The molecule has 0 saturated heterocycles. The van der Waals surface area contributed by atoms with Crippen molar-refractivity contribution < 1.29 is 32.7 Å². The van der Waals surface area contributed by atoms with Crippen LogP contribution < -0.4 is 10.6 Å². The Morgan fingerprint density at radius 1 is 1.00 bits per heavy atom. The van der Waals surface area contributed by atoms with Crippen molar-refractivity contribution in [3.05, 3.63) is 106 Å². The van der Waals surface area contributed by atoms with Crippen LogP contribution in [0.5, 0.6) is 0 Å². The number of fused-ring (bicyclic) bond motifs is 2. The van der Waals surface area contributed by atoms with Gasteiger partial charge >= 0.3 is 12.1 Å². The average Bonchev–Trinajstić information content (AvgIpc) is 3.27. The van der Waals surface area contributed by atoms with Crippen molar-refractivity contribution >= 4 is 52.1 Å². The van der Waals surface area contributed by atoms with Gasteiger partial charge in [0.15, 0.2) is 0 Å². The molecule has 4 aromatic rings. The first-order chi connectivity index (χ1) is 21.6. The Labute approximate surface area is 261 Å². The van der Waals surface area contributed by atoms with E-state index >= 15 is 0 Å². The molecule has 1 aromatic heterocycles. The number of amides is 5. The third-order valence-electron chi connectivity index (χ3n) is 7.45. The summed E-state index contributed by atoms with van der Waals surface area (Å²) in [5.41, 5.74) is 1.03. The van der Waals surface area contributed by atoms with Crippen LogP contribution in [0.15, 0.2) is 72.9 Å². The van der Waals surface area contributed by atoms with E-state index in [1.54, 1.807) is 36.4 Å². The van der Waals surface area contributed by atoms with Gasteiger partial charge in [0.25, 0.3) is 11.8 Å². The molecule has 0 aliphatic carbocycles. The van der Waals surface area contributed by atoms with Crippen molar-refractivity contribution in [2.24, 2.45) is 0 Å². The van der Waals surface area contributed by atoms with Crippen LogP contribution in [0.2, 0.25) is 5.02 Å². The number of aromatic nitrogens is 1. The third-order valence-corrected chi connectivity index (χ3v) is 7.87. The number of urea groups is 1. The van der Waals surface area contributed by atoms with Crippen molar-refractivity contribution in [1.29, 1.82) is 0 Å². The van der Waals surface area contributed by atoms with Gasteiger partial charge in [0.1, 0.15) is 24.1 Å². The number of anilines is 1. The number of imide groups is 1. The molecule has 5 amide bonds. The zero-order valence-electron chi connectivity index (χ0n) is 24.1. The second-order valence-electron chi connectivity index (χ2n) is 10.4. The van der Waals surface area contributed by atoms with E-state index in [1.165, 1.54) is 48.5 Å². The summed E-state index contributed by atoms with van der Waals surface area (Å²) in [4.78, 5) is 57.9. The predicted molar refractivity (Wildman–Crippen MR) is 163 cm³/mol. The van der Waals surface area contributed by atoms with E-state index in [0.717, 1.165) is 4.90 Å². The molecule has 0 saturated carbocycles. The zero-order valence-corrected chi connectivity index (χ0v) is 24.8. The van der Waals surface area contributed by atoms with Crippen LogP contribution in [0.1, 0.15) is 39.1 Å². The monoisotopic (exact) mass is 635 g/mol. The number of carbonyl (C=O) groups excluding carboxylic acids is 4. The Bertz CT molecular complexity index is 1750. The van der Waals surface area contributed by atoms with Gasteiger partial charge in [0.2, 0.25) is 0 Å². The quantitative estimate of drug-likeness (QED) is 0.206. The summed E-state index contributed by atoms with van der Waals surface area (Å²) in [5, 5.41) is 6.27. The molecule has 0 spiro atoms. The van der Waals surface area contributed by atoms with Crippen LogP contribution in [0.25, 0.3) is 10.8 Å². The number of halogens is 3. The number of nitrogens with zero attached hydrogens (tertiary/aromatic N) is 3. The summed E-state index contributed by atoms with van der Waals surface area (Å²) in [6.07, 6.45) is 1.17. The Balaban J connectivity index is 1.23. The minimum atomic E-state index is -0.857. The summed E-state index contributed by atoms with van der Waals surface area (Å²) >= 11 is 6.01. The minimum Gasteiger partial charge on any atom is -0.447 e. The molecular weight excluding hydrogens is 608 g/mol. The van der Waals surface area contributed by atoms with Gasteiger partial charge in [-0.1, -0.05) is 35.9 Å². The number of carbonyl (C=O) groups is 4. The van der Waals surface area contributed by atoms with E-state index in [0.29, 0.717) is 33.9 Å². The summed E-state index contributed by atoms with van der Waals surface area (Å²) in [7, 11) is 1.50. The van der Waals surface area contributed by atoms with E-state index in [-0.39, 0.29) is 37.0 Å². The lowest BCUT2D eigenvalue weighted by atomic mass is 10.1. The molecule has 10 nitrogen and oxygen atoms in total. The smallest absolute Gasteiger partial charge is 0.412 e. The molecule has 1 aliphatic heterocycles. The second-order valence-corrected chi connectivity index (χ2v) is 10.7. The van der Waals surface area contributed by atoms with Crippen LogP contribution in [-0.2, 0) is 11.3 Å². The number of pyridine rings is 1. The van der Waals surface area contributed by atoms with Gasteiger partial charge in [0.05, 0.1) is 22.2 Å². The molecule has 2 heterocycles. The first kappa shape index (κ1) is 31.3. The summed E-state index contributed by atoms with van der Waals surface area (Å²) < 4.78 is 32.9. The van der Waals surface area contributed by atoms with E-state index in [1.807, 2.05) is 0 Å². The van der Waals surface area contributed by atoms with Gasteiger partial charge in [-0.2, -0.15) is 0 Å². The molecule has 3 aromatic carbocycles. The number of benzene rings is 3. The Hall–Kier alpha value is -5.10. The standard InChI is InChI=1S/C32H28ClF2N5O5/c1-39(31(43)37-17-20-6-4-10-26(35)28(20)33)23(7-5-13-40-29(41)24-8-2-3-9-25(24)30(40)42)18-45-32(44)38-27-15-21-14-22(34)12-11-19(21)16-36-27/h2-4,6,8-12,14-16,23H,5,7,13,17-18H2,1H3,(H,37,43)(H,36,38,44). The molecule has 1 unspecified atom stereocenters. The van der Waals surface area contributed by atoms with E-state index < -0.39 is 41.6 Å². The SMILES string of the molecule is CN(C(=O)NCc1cccc(F)c1Cl)C(CCCN1C(=O)c2ccccc2C1=O)COC(=O)Nc1cc2cc(F)ccc2cn1. The largest absolute Gasteiger partial charge is 0.447 e. The van der Waals surface area contributed by atoms with Gasteiger partial charge in [-0.15, -0.1) is 0 Å². The van der Waals surface area contributed by atoms with Crippen LogP contribution in [0.3, 0.4) is 0 Å². The van der Waals surface area contributed by atoms with Crippen LogP contribution in [0, 0.1) is 11.6 Å². The van der Waals surface area contributed by atoms with Crippen LogP contribution in [0.4, 0.5) is 24.2 Å². The Morgan fingerprint density at radius 2 is 1.73 bits per heavy atom. The molecule has 0 bridgehead atoms. The van der Waals surface area contributed by atoms with Crippen molar-refractivity contribution in [2.75, 3.05) is 25.5 Å². The van der Waals surface area contributed by atoms with Gasteiger partial charge in [-0.25, -0.2) is 23.4 Å². The van der Waals surface area contributed by atoms with Crippen molar-refractivity contribution in [3.8, 4) is 0 Å². The summed E-state index contributed by atoms with van der Waals surface area (Å²) in [5.74, 6) is -1.72. The molecule has 232 valence electrons. The fourth-order valence-electron chi connectivity index (χ4n) is 4.96. The number of likely N-dealkylation sites (N-methyl/N-ethyl adjacent to an activating group) is 1. The molecule has 0 fully saturated rings. The molecule has 0 radical (unpaired) electrons. The fourth-order valence-corrected chi connectivity index (χ4v) is 5.15. The summed E-state index contributed by atoms with van der Waals surface area (Å²) in [6.45, 7) is -0.223. The topological polar surface area (TPSA) is 121 Å². The lowest BCUT2D eigenvalue weighted by molar-refractivity contribution is 0.0644. The molecule has 45 heavy (non-hydrogen) atoms. The van der Waals surface area contributed by atoms with Crippen LogP contribution in [-0.4, -0.2) is 65.0 Å². The van der Waals surface area contributed by atoms with E-state index in [2.05, 4.69) is 15.6 Å². The Morgan fingerprint density at radius 3 is 2.47 bits per heavy atom. The number of hydrogen-bond donors (Lipinski definition) is 2. The maximum Gasteiger partial charge on any atom is 0.412 e. The fraction of sp³-hybridized carbons (Fsp3) is 0.219. The normalized spacial score (nSPS) is 13.0.